The first-order valence-electron chi connectivity index (χ1n) is 8.96. The highest BCUT2D eigenvalue weighted by Crippen LogP contribution is 2.27. The summed E-state index contributed by atoms with van der Waals surface area (Å²) in [4.78, 5) is 25.5. The van der Waals surface area contributed by atoms with Gasteiger partial charge in [-0.25, -0.2) is 13.6 Å². The van der Waals surface area contributed by atoms with Crippen molar-refractivity contribution in [2.45, 2.75) is 31.2 Å². The molecule has 3 unspecified atom stereocenters. The standard InChI is InChI=1S/C18H24F2N4O2/c19-14-4-3-11(8-15(14)20)13-5-6-22-9-16(13)23-17(25)12-2-1-7-24(10-12)18(21)26/h3-4,8,12-13,16,22H,1-2,5-7,9-10H2,(H2,21,26)(H,23,25). The Morgan fingerprint density at radius 2 is 2.04 bits per heavy atom. The van der Waals surface area contributed by atoms with Crippen LogP contribution in [-0.2, 0) is 4.79 Å². The fourth-order valence-electron chi connectivity index (χ4n) is 3.84. The lowest BCUT2D eigenvalue weighted by atomic mass is 9.85. The van der Waals surface area contributed by atoms with Crippen LogP contribution in [0.4, 0.5) is 13.6 Å². The van der Waals surface area contributed by atoms with Gasteiger partial charge in [0.15, 0.2) is 11.6 Å². The minimum atomic E-state index is -0.879. The number of carbonyl (C=O) groups is 2. The van der Waals surface area contributed by atoms with Crippen LogP contribution in [0.2, 0.25) is 0 Å². The van der Waals surface area contributed by atoms with Crippen molar-refractivity contribution in [2.24, 2.45) is 11.7 Å². The Bertz CT molecular complexity index is 685. The smallest absolute Gasteiger partial charge is 0.314 e. The summed E-state index contributed by atoms with van der Waals surface area (Å²) in [6.07, 6.45) is 2.15. The van der Waals surface area contributed by atoms with E-state index >= 15 is 0 Å². The first-order valence-corrected chi connectivity index (χ1v) is 8.96. The van der Waals surface area contributed by atoms with Gasteiger partial charge >= 0.3 is 6.03 Å². The molecule has 3 atom stereocenters. The number of hydrogen-bond acceptors (Lipinski definition) is 3. The molecule has 2 aliphatic heterocycles. The summed E-state index contributed by atoms with van der Waals surface area (Å²) in [6, 6.07) is 3.17. The van der Waals surface area contributed by atoms with Crippen LogP contribution < -0.4 is 16.4 Å². The van der Waals surface area contributed by atoms with E-state index in [1.807, 2.05) is 0 Å². The van der Waals surface area contributed by atoms with Crippen molar-refractivity contribution in [2.75, 3.05) is 26.2 Å². The van der Waals surface area contributed by atoms with Gasteiger partial charge in [-0.3, -0.25) is 4.79 Å². The molecule has 0 saturated carbocycles. The van der Waals surface area contributed by atoms with Crippen molar-refractivity contribution in [1.82, 2.24) is 15.5 Å². The number of piperidine rings is 2. The van der Waals surface area contributed by atoms with E-state index in [9.17, 15) is 18.4 Å². The Morgan fingerprint density at radius 3 is 2.77 bits per heavy atom. The third-order valence-corrected chi connectivity index (χ3v) is 5.29. The van der Waals surface area contributed by atoms with Crippen molar-refractivity contribution in [3.63, 3.8) is 0 Å². The minimum absolute atomic E-state index is 0.0915. The molecule has 0 aliphatic carbocycles. The van der Waals surface area contributed by atoms with E-state index in [0.29, 0.717) is 38.0 Å². The van der Waals surface area contributed by atoms with E-state index in [1.54, 1.807) is 6.07 Å². The maximum absolute atomic E-state index is 13.6. The molecule has 2 saturated heterocycles. The first kappa shape index (κ1) is 18.6. The molecule has 1 aromatic rings. The Labute approximate surface area is 151 Å². The number of likely N-dealkylation sites (tertiary alicyclic amines) is 1. The van der Waals surface area contributed by atoms with Crippen LogP contribution in [-0.4, -0.2) is 49.1 Å². The number of nitrogens with zero attached hydrogens (tertiary/aromatic N) is 1. The average Bonchev–Trinajstić information content (AvgIpc) is 2.64. The lowest BCUT2D eigenvalue weighted by molar-refractivity contribution is -0.127. The van der Waals surface area contributed by atoms with Gasteiger partial charge in [-0.05, 0) is 43.5 Å². The van der Waals surface area contributed by atoms with Crippen molar-refractivity contribution in [3.8, 4) is 0 Å². The van der Waals surface area contributed by atoms with Gasteiger partial charge in [-0.2, -0.15) is 0 Å². The third kappa shape index (κ3) is 4.12. The minimum Gasteiger partial charge on any atom is -0.351 e. The summed E-state index contributed by atoms with van der Waals surface area (Å²) in [7, 11) is 0. The number of halogens is 2. The van der Waals surface area contributed by atoms with E-state index in [1.165, 1.54) is 11.0 Å². The number of rotatable bonds is 3. The summed E-state index contributed by atoms with van der Waals surface area (Å²) >= 11 is 0. The van der Waals surface area contributed by atoms with Gasteiger partial charge in [-0.1, -0.05) is 6.07 Å². The highest BCUT2D eigenvalue weighted by Gasteiger charge is 2.32. The van der Waals surface area contributed by atoms with Crippen LogP contribution in [0.3, 0.4) is 0 Å². The van der Waals surface area contributed by atoms with Gasteiger partial charge in [-0.15, -0.1) is 0 Å². The Morgan fingerprint density at radius 1 is 1.23 bits per heavy atom. The quantitative estimate of drug-likeness (QED) is 0.754. The molecule has 4 N–H and O–H groups in total. The van der Waals surface area contributed by atoms with Gasteiger partial charge in [0.2, 0.25) is 5.91 Å². The number of carbonyl (C=O) groups excluding carboxylic acids is 2. The third-order valence-electron chi connectivity index (χ3n) is 5.29. The lowest BCUT2D eigenvalue weighted by Crippen LogP contribution is -2.54. The van der Waals surface area contributed by atoms with Crippen LogP contribution in [0.15, 0.2) is 18.2 Å². The zero-order valence-electron chi connectivity index (χ0n) is 14.5. The van der Waals surface area contributed by atoms with Crippen molar-refractivity contribution in [3.05, 3.63) is 35.4 Å². The molecule has 2 heterocycles. The number of urea groups is 1. The molecule has 26 heavy (non-hydrogen) atoms. The molecule has 8 heteroatoms. The fourth-order valence-corrected chi connectivity index (χ4v) is 3.84. The maximum atomic E-state index is 13.6. The number of amides is 3. The second-order valence-corrected chi connectivity index (χ2v) is 7.01. The zero-order valence-corrected chi connectivity index (χ0v) is 14.5. The van der Waals surface area contributed by atoms with Crippen LogP contribution in [0.5, 0.6) is 0 Å². The second-order valence-electron chi connectivity index (χ2n) is 7.01. The number of primary amides is 1. The van der Waals surface area contributed by atoms with Crippen LogP contribution >= 0.6 is 0 Å². The summed E-state index contributed by atoms with van der Waals surface area (Å²) in [6.45, 7) is 2.19. The SMILES string of the molecule is NC(=O)N1CCCC(C(=O)NC2CNCCC2c2ccc(F)c(F)c2)C1. The molecule has 0 aromatic heterocycles. The molecule has 1 aromatic carbocycles. The van der Waals surface area contributed by atoms with Gasteiger partial charge < -0.3 is 21.3 Å². The molecule has 3 rings (SSSR count). The molecular weight excluding hydrogens is 342 g/mol. The molecule has 3 amide bonds. The van der Waals surface area contributed by atoms with E-state index in [4.69, 9.17) is 5.73 Å². The molecule has 6 nitrogen and oxygen atoms in total. The predicted octanol–water partition coefficient (Wildman–Crippen LogP) is 1.32. The van der Waals surface area contributed by atoms with Crippen molar-refractivity contribution >= 4 is 11.9 Å². The summed E-state index contributed by atoms with van der Waals surface area (Å²) in [5.74, 6) is -2.28. The largest absolute Gasteiger partial charge is 0.351 e. The van der Waals surface area contributed by atoms with Crippen LogP contribution in [0.25, 0.3) is 0 Å². The highest BCUT2D eigenvalue weighted by molar-refractivity contribution is 5.81. The average molecular weight is 366 g/mol. The highest BCUT2D eigenvalue weighted by atomic mass is 19.2. The number of hydrogen-bond donors (Lipinski definition) is 3. The van der Waals surface area contributed by atoms with E-state index < -0.39 is 17.7 Å². The molecule has 2 aliphatic rings. The Hall–Kier alpha value is -2.22. The van der Waals surface area contributed by atoms with E-state index in [0.717, 1.165) is 19.0 Å². The van der Waals surface area contributed by atoms with Crippen molar-refractivity contribution < 1.29 is 18.4 Å². The van der Waals surface area contributed by atoms with Gasteiger partial charge in [0.25, 0.3) is 0 Å². The van der Waals surface area contributed by atoms with Gasteiger partial charge in [0.1, 0.15) is 0 Å². The van der Waals surface area contributed by atoms with Crippen LogP contribution in [0.1, 0.15) is 30.7 Å². The zero-order chi connectivity index (χ0) is 18.7. The number of nitrogens with two attached hydrogens (primary N) is 1. The Kier molecular flexibility index (Phi) is 5.70. The molecule has 0 spiro atoms. The second kappa shape index (κ2) is 7.99. The molecule has 142 valence electrons. The number of nitrogens with one attached hydrogen (secondary N) is 2. The van der Waals surface area contributed by atoms with Gasteiger partial charge in [0, 0.05) is 31.6 Å². The summed E-state index contributed by atoms with van der Waals surface area (Å²) in [5.41, 5.74) is 6.00. The molecule has 0 bridgehead atoms. The Balaban J connectivity index is 1.69. The molecular formula is C18H24F2N4O2. The van der Waals surface area contributed by atoms with Crippen molar-refractivity contribution in [1.29, 1.82) is 0 Å². The normalized spacial score (nSPS) is 26.4. The van der Waals surface area contributed by atoms with E-state index in [2.05, 4.69) is 10.6 Å². The predicted molar refractivity (Wildman–Crippen MR) is 92.4 cm³/mol. The summed E-state index contributed by atoms with van der Waals surface area (Å²) in [5, 5.41) is 6.26. The van der Waals surface area contributed by atoms with Gasteiger partial charge in [0.05, 0.1) is 5.92 Å². The summed E-state index contributed by atoms with van der Waals surface area (Å²) < 4.78 is 26.8. The molecule has 0 radical (unpaired) electrons. The fraction of sp³-hybridized carbons (Fsp3) is 0.556. The van der Waals surface area contributed by atoms with Crippen LogP contribution in [0, 0.1) is 17.6 Å². The lowest BCUT2D eigenvalue weighted by Gasteiger charge is -2.36. The number of benzene rings is 1. The first-order chi connectivity index (χ1) is 12.5. The molecule has 2 fully saturated rings. The topological polar surface area (TPSA) is 87.5 Å². The monoisotopic (exact) mass is 366 g/mol. The van der Waals surface area contributed by atoms with E-state index in [-0.39, 0.29) is 23.8 Å². The maximum Gasteiger partial charge on any atom is 0.314 e.